The fourth-order valence-electron chi connectivity index (χ4n) is 3.85. The summed E-state index contributed by atoms with van der Waals surface area (Å²) in [6.45, 7) is 2.82. The van der Waals surface area contributed by atoms with Crippen molar-refractivity contribution in [2.75, 3.05) is 36.9 Å². The van der Waals surface area contributed by atoms with E-state index in [2.05, 4.69) is 22.4 Å². The number of nitrogens with zero attached hydrogens (tertiary/aromatic N) is 4. The van der Waals surface area contributed by atoms with E-state index in [1.165, 1.54) is 0 Å². The molecule has 3 heterocycles. The number of carbonyl (C=O) groups excluding carboxylic acids is 2. The van der Waals surface area contributed by atoms with Crippen LogP contribution in [0, 0.1) is 0 Å². The molecule has 2 aromatic rings. The first-order chi connectivity index (χ1) is 13.1. The number of nitrogens with one attached hydrogen (secondary N) is 1. The van der Waals surface area contributed by atoms with E-state index in [1.54, 1.807) is 23.2 Å². The summed E-state index contributed by atoms with van der Waals surface area (Å²) in [6, 6.07) is 9.38. The number of hydrogen-bond acceptors (Lipinski definition) is 4. The molecule has 0 saturated carbocycles. The molecule has 0 spiro atoms. The summed E-state index contributed by atoms with van der Waals surface area (Å²) in [4.78, 5) is 28.6. The van der Waals surface area contributed by atoms with Gasteiger partial charge < -0.3 is 15.1 Å². The second-order valence-electron chi connectivity index (χ2n) is 7.35. The highest BCUT2D eigenvalue weighted by atomic mass is 16.2. The van der Waals surface area contributed by atoms with Crippen LogP contribution in [0.2, 0.25) is 0 Å². The summed E-state index contributed by atoms with van der Waals surface area (Å²) in [5.41, 5.74) is 1.42. The monoisotopic (exact) mass is 367 g/mol. The molecule has 0 aliphatic carbocycles. The Morgan fingerprint density at radius 1 is 1.11 bits per heavy atom. The predicted molar refractivity (Wildman–Crippen MR) is 104 cm³/mol. The Morgan fingerprint density at radius 2 is 1.85 bits per heavy atom. The van der Waals surface area contributed by atoms with Crippen LogP contribution in [0.3, 0.4) is 0 Å². The molecule has 0 atom stereocenters. The summed E-state index contributed by atoms with van der Waals surface area (Å²) in [7, 11) is 2.13. The molecule has 7 heteroatoms. The third-order valence-electron chi connectivity index (χ3n) is 5.46. The maximum atomic E-state index is 12.7. The lowest BCUT2D eigenvalue weighted by molar-refractivity contribution is -0.117. The van der Waals surface area contributed by atoms with Gasteiger partial charge in [-0.05, 0) is 63.7 Å². The summed E-state index contributed by atoms with van der Waals surface area (Å²) in [5.74, 6) is 0.714. The van der Waals surface area contributed by atoms with Crippen molar-refractivity contribution in [3.8, 4) is 0 Å². The summed E-state index contributed by atoms with van der Waals surface area (Å²) in [6.07, 6.45) is 5.28. The maximum absolute atomic E-state index is 12.7. The second kappa shape index (κ2) is 7.52. The first-order valence-corrected chi connectivity index (χ1v) is 9.55. The van der Waals surface area contributed by atoms with Crippen LogP contribution in [0.1, 0.15) is 42.1 Å². The zero-order chi connectivity index (χ0) is 18.8. The summed E-state index contributed by atoms with van der Waals surface area (Å²) >= 11 is 0. The molecule has 0 radical (unpaired) electrons. The Bertz CT molecular complexity index is 821. The average Bonchev–Trinajstić information content (AvgIpc) is 3.31. The van der Waals surface area contributed by atoms with Gasteiger partial charge in [-0.25, -0.2) is 4.68 Å². The Kier molecular flexibility index (Phi) is 4.94. The van der Waals surface area contributed by atoms with E-state index in [9.17, 15) is 9.59 Å². The van der Waals surface area contributed by atoms with Gasteiger partial charge in [0.1, 0.15) is 5.82 Å². The van der Waals surface area contributed by atoms with Gasteiger partial charge in [0.05, 0.1) is 12.2 Å². The number of anilines is 2. The van der Waals surface area contributed by atoms with Crippen molar-refractivity contribution in [2.24, 2.45) is 0 Å². The zero-order valence-corrected chi connectivity index (χ0v) is 15.6. The van der Waals surface area contributed by atoms with Crippen molar-refractivity contribution in [1.29, 1.82) is 0 Å². The van der Waals surface area contributed by atoms with Crippen LogP contribution in [0.5, 0.6) is 0 Å². The van der Waals surface area contributed by atoms with Gasteiger partial charge in [-0.15, -0.1) is 0 Å². The normalized spacial score (nSPS) is 18.9. The first kappa shape index (κ1) is 17.7. The van der Waals surface area contributed by atoms with Gasteiger partial charge in [0.2, 0.25) is 5.91 Å². The minimum atomic E-state index is -0.163. The molecule has 142 valence electrons. The van der Waals surface area contributed by atoms with Crippen LogP contribution < -0.4 is 10.2 Å². The molecule has 1 aromatic carbocycles. The molecule has 1 aromatic heterocycles. The van der Waals surface area contributed by atoms with E-state index in [0.717, 1.165) is 50.4 Å². The van der Waals surface area contributed by atoms with Crippen LogP contribution in [-0.2, 0) is 4.79 Å². The minimum absolute atomic E-state index is 0.147. The minimum Gasteiger partial charge on any atom is -0.312 e. The fourth-order valence-corrected chi connectivity index (χ4v) is 3.85. The lowest BCUT2D eigenvalue weighted by Gasteiger charge is -2.30. The molecule has 2 amide bonds. The molecule has 0 unspecified atom stereocenters. The highest BCUT2D eigenvalue weighted by Crippen LogP contribution is 2.25. The predicted octanol–water partition coefficient (Wildman–Crippen LogP) is 2.53. The van der Waals surface area contributed by atoms with Crippen LogP contribution in [0.15, 0.2) is 36.5 Å². The van der Waals surface area contributed by atoms with Crippen LogP contribution >= 0.6 is 0 Å². The molecule has 7 nitrogen and oxygen atoms in total. The molecular weight excluding hydrogens is 342 g/mol. The Morgan fingerprint density at radius 3 is 2.52 bits per heavy atom. The fraction of sp³-hybridized carbons (Fsp3) is 0.450. The average molecular weight is 367 g/mol. The molecule has 1 N–H and O–H groups in total. The van der Waals surface area contributed by atoms with Crippen LogP contribution in [0.25, 0.3) is 0 Å². The third kappa shape index (κ3) is 3.73. The number of benzene rings is 1. The Hall–Kier alpha value is -2.67. The van der Waals surface area contributed by atoms with Crippen LogP contribution in [-0.4, -0.2) is 53.2 Å². The van der Waals surface area contributed by atoms with E-state index in [-0.39, 0.29) is 11.8 Å². The molecule has 0 bridgehead atoms. The molecule has 2 aliphatic rings. The molecule has 4 rings (SSSR count). The lowest BCUT2D eigenvalue weighted by Crippen LogP contribution is -2.32. The van der Waals surface area contributed by atoms with Gasteiger partial charge in [-0.1, -0.05) is 0 Å². The number of likely N-dealkylation sites (tertiary alicyclic amines) is 1. The quantitative estimate of drug-likeness (QED) is 0.901. The van der Waals surface area contributed by atoms with Crippen molar-refractivity contribution < 1.29 is 9.59 Å². The van der Waals surface area contributed by atoms with Gasteiger partial charge in [0, 0.05) is 30.3 Å². The number of amides is 2. The Labute approximate surface area is 158 Å². The third-order valence-corrected chi connectivity index (χ3v) is 5.46. The van der Waals surface area contributed by atoms with E-state index < -0.39 is 0 Å². The van der Waals surface area contributed by atoms with E-state index in [1.807, 2.05) is 22.9 Å². The number of hydrogen-bond donors (Lipinski definition) is 1. The first-order valence-electron chi connectivity index (χ1n) is 9.55. The van der Waals surface area contributed by atoms with E-state index >= 15 is 0 Å². The smallest absolute Gasteiger partial charge is 0.256 e. The number of piperidine rings is 1. The van der Waals surface area contributed by atoms with Gasteiger partial charge in [-0.3, -0.25) is 9.59 Å². The Balaban J connectivity index is 1.44. The largest absolute Gasteiger partial charge is 0.312 e. The van der Waals surface area contributed by atoms with Gasteiger partial charge in [0.25, 0.3) is 5.91 Å². The standard InChI is InChI=1S/C20H25N5O2/c1-23-13-9-17(10-14-23)25-18(8-11-21-25)22-20(27)15-4-6-16(7-5-15)24-12-2-3-19(24)26/h4-8,11,17H,2-3,9-10,12-14H2,1H3,(H,22,27). The van der Waals surface area contributed by atoms with Crippen molar-refractivity contribution >= 4 is 23.3 Å². The van der Waals surface area contributed by atoms with Gasteiger partial charge in [0.15, 0.2) is 0 Å². The van der Waals surface area contributed by atoms with Crippen molar-refractivity contribution in [2.45, 2.75) is 31.7 Å². The molecule has 2 saturated heterocycles. The van der Waals surface area contributed by atoms with E-state index in [4.69, 9.17) is 0 Å². The topological polar surface area (TPSA) is 70.5 Å². The summed E-state index contributed by atoms with van der Waals surface area (Å²) < 4.78 is 1.93. The number of carbonyl (C=O) groups is 2. The molecule has 2 aliphatic heterocycles. The van der Waals surface area contributed by atoms with Crippen molar-refractivity contribution in [1.82, 2.24) is 14.7 Å². The highest BCUT2D eigenvalue weighted by molar-refractivity contribution is 6.04. The molecular formula is C20H25N5O2. The van der Waals surface area contributed by atoms with Gasteiger partial charge >= 0.3 is 0 Å². The van der Waals surface area contributed by atoms with Crippen molar-refractivity contribution in [3.05, 3.63) is 42.1 Å². The number of rotatable bonds is 4. The second-order valence-corrected chi connectivity index (χ2v) is 7.35. The molecule has 2 fully saturated rings. The lowest BCUT2D eigenvalue weighted by atomic mass is 10.1. The molecule has 27 heavy (non-hydrogen) atoms. The van der Waals surface area contributed by atoms with Gasteiger partial charge in [-0.2, -0.15) is 5.10 Å². The van der Waals surface area contributed by atoms with E-state index in [0.29, 0.717) is 18.0 Å². The number of aromatic nitrogens is 2. The zero-order valence-electron chi connectivity index (χ0n) is 15.6. The SMILES string of the molecule is CN1CCC(n2nccc2NC(=O)c2ccc(N3CCCC3=O)cc2)CC1. The summed E-state index contributed by atoms with van der Waals surface area (Å²) in [5, 5.41) is 7.41. The van der Waals surface area contributed by atoms with Crippen molar-refractivity contribution in [3.63, 3.8) is 0 Å². The van der Waals surface area contributed by atoms with Crippen LogP contribution in [0.4, 0.5) is 11.5 Å². The highest BCUT2D eigenvalue weighted by Gasteiger charge is 2.23. The maximum Gasteiger partial charge on any atom is 0.256 e.